The van der Waals surface area contributed by atoms with Crippen molar-refractivity contribution in [2.45, 2.75) is 31.3 Å². The Kier molecular flexibility index (Phi) is 5.65. The van der Waals surface area contributed by atoms with Gasteiger partial charge in [-0.05, 0) is 60.6 Å². The van der Waals surface area contributed by atoms with Gasteiger partial charge in [-0.25, -0.2) is 0 Å². The highest BCUT2D eigenvalue weighted by Crippen LogP contribution is 2.53. The van der Waals surface area contributed by atoms with Gasteiger partial charge in [0.25, 0.3) is 11.9 Å². The number of nitrogens with one attached hydrogen (secondary N) is 1. The number of hydrogen-bond donors (Lipinski definition) is 1. The zero-order valence-electron chi connectivity index (χ0n) is 17.6. The lowest BCUT2D eigenvalue weighted by Crippen LogP contribution is -2.54. The van der Waals surface area contributed by atoms with Crippen LogP contribution in [0.25, 0.3) is 0 Å². The van der Waals surface area contributed by atoms with Crippen molar-refractivity contribution in [2.24, 2.45) is 0 Å². The zero-order chi connectivity index (χ0) is 22.3. The van der Waals surface area contributed by atoms with E-state index >= 15 is 0 Å². The molecular weight excluding hydrogens is 466 g/mol. The third-order valence-corrected chi connectivity index (χ3v) is 6.68. The average Bonchev–Trinajstić information content (AvgIpc) is 3.20. The van der Waals surface area contributed by atoms with E-state index in [1.165, 1.54) is 0 Å². The minimum Gasteiger partial charge on any atom is -0.490 e. The minimum absolute atomic E-state index is 0.319. The Balaban J connectivity index is 1.86. The molecule has 1 spiro atoms. The molecule has 164 valence electrons. The number of anilines is 1. The smallest absolute Gasteiger partial charge is 0.256 e. The van der Waals surface area contributed by atoms with Crippen molar-refractivity contribution >= 4 is 27.5 Å². The van der Waals surface area contributed by atoms with Crippen molar-refractivity contribution in [1.82, 2.24) is 4.90 Å². The number of amides is 1. The van der Waals surface area contributed by atoms with Gasteiger partial charge < -0.3 is 14.8 Å². The largest absolute Gasteiger partial charge is 0.490 e. The summed E-state index contributed by atoms with van der Waals surface area (Å²) in [5, 5.41) is 15.3. The number of benzene rings is 2. The standard InChI is InChI=1S/C22H24BrN3O5/c1-4-30-18-11-13(10-16(23)19(18)31-5-2)14-12-25(3)22(20(14)26(28)29)15-8-6-7-9-17(15)24-21(22)27/h6-11,14,20H,4-5,12H2,1-3H3,(H,24,27)/t14-,20+,22+/m0/s1. The van der Waals surface area contributed by atoms with Crippen LogP contribution in [0, 0.1) is 10.1 Å². The number of nitro groups is 1. The van der Waals surface area contributed by atoms with Gasteiger partial charge >= 0.3 is 0 Å². The second kappa shape index (κ2) is 8.12. The fourth-order valence-electron chi connectivity index (χ4n) is 4.93. The molecule has 0 radical (unpaired) electrons. The number of rotatable bonds is 6. The number of likely N-dealkylation sites (N-methyl/N-ethyl adjacent to an activating group) is 1. The van der Waals surface area contributed by atoms with Crippen LogP contribution in [0.4, 0.5) is 5.69 Å². The zero-order valence-corrected chi connectivity index (χ0v) is 19.1. The lowest BCUT2D eigenvalue weighted by molar-refractivity contribution is -0.534. The summed E-state index contributed by atoms with van der Waals surface area (Å²) in [5.41, 5.74) is 0.611. The number of halogens is 1. The van der Waals surface area contributed by atoms with E-state index in [1.54, 1.807) is 36.2 Å². The topological polar surface area (TPSA) is 93.9 Å². The molecule has 0 saturated carbocycles. The Bertz CT molecular complexity index is 1050. The Hall–Kier alpha value is -2.65. The molecule has 9 heteroatoms. The number of fused-ring (bicyclic) bond motifs is 2. The molecule has 2 aromatic carbocycles. The maximum atomic E-state index is 13.2. The van der Waals surface area contributed by atoms with Crippen molar-refractivity contribution in [1.29, 1.82) is 0 Å². The van der Waals surface area contributed by atoms with Gasteiger partial charge in [0.1, 0.15) is 0 Å². The molecule has 31 heavy (non-hydrogen) atoms. The summed E-state index contributed by atoms with van der Waals surface area (Å²) in [6.07, 6.45) is 0. The SMILES string of the molecule is CCOc1cc([C@@H]2CN(C)[C@@]3(C(=O)Nc4ccccc43)[C@@H]2[N+](=O)[O-])cc(Br)c1OCC. The van der Waals surface area contributed by atoms with Crippen LogP contribution in [-0.4, -0.2) is 48.6 Å². The molecule has 1 fully saturated rings. The number of hydrogen-bond acceptors (Lipinski definition) is 6. The highest BCUT2D eigenvalue weighted by Gasteiger charge is 2.68. The molecular formula is C22H24BrN3O5. The molecule has 1 N–H and O–H groups in total. The quantitative estimate of drug-likeness (QED) is 0.490. The van der Waals surface area contributed by atoms with Crippen molar-refractivity contribution in [3.8, 4) is 11.5 Å². The highest BCUT2D eigenvalue weighted by atomic mass is 79.9. The summed E-state index contributed by atoms with van der Waals surface area (Å²) in [5.74, 6) is 0.199. The third kappa shape index (κ3) is 3.18. The van der Waals surface area contributed by atoms with Gasteiger partial charge in [-0.1, -0.05) is 18.2 Å². The predicted octanol–water partition coefficient (Wildman–Crippen LogP) is 3.77. The maximum absolute atomic E-state index is 13.2. The summed E-state index contributed by atoms with van der Waals surface area (Å²) in [4.78, 5) is 27.1. The van der Waals surface area contributed by atoms with Crippen molar-refractivity contribution in [3.63, 3.8) is 0 Å². The Morgan fingerprint density at radius 2 is 1.97 bits per heavy atom. The second-order valence-corrected chi connectivity index (χ2v) is 8.53. The van der Waals surface area contributed by atoms with E-state index in [4.69, 9.17) is 9.47 Å². The summed E-state index contributed by atoms with van der Waals surface area (Å²) in [6.45, 7) is 4.99. The van der Waals surface area contributed by atoms with Gasteiger partial charge in [0.2, 0.25) is 0 Å². The first-order valence-corrected chi connectivity index (χ1v) is 11.0. The number of para-hydroxylation sites is 1. The molecule has 0 unspecified atom stereocenters. The predicted molar refractivity (Wildman–Crippen MR) is 119 cm³/mol. The lowest BCUT2D eigenvalue weighted by atomic mass is 9.79. The van der Waals surface area contributed by atoms with Crippen LogP contribution >= 0.6 is 15.9 Å². The van der Waals surface area contributed by atoms with Gasteiger partial charge in [-0.3, -0.25) is 19.8 Å². The molecule has 8 nitrogen and oxygen atoms in total. The van der Waals surface area contributed by atoms with Gasteiger partial charge in [0, 0.05) is 22.7 Å². The fourth-order valence-corrected chi connectivity index (χ4v) is 5.50. The molecule has 3 atom stereocenters. The van der Waals surface area contributed by atoms with Crippen LogP contribution < -0.4 is 14.8 Å². The fraction of sp³-hybridized carbons (Fsp3) is 0.409. The normalized spacial score (nSPS) is 24.8. The number of carbonyl (C=O) groups excluding carboxylic acids is 1. The number of nitrogens with zero attached hydrogens (tertiary/aromatic N) is 2. The molecule has 2 aliphatic rings. The number of carbonyl (C=O) groups is 1. The van der Waals surface area contributed by atoms with Crippen LogP contribution in [0.15, 0.2) is 40.9 Å². The maximum Gasteiger partial charge on any atom is 0.256 e. The van der Waals surface area contributed by atoms with E-state index in [0.717, 1.165) is 5.56 Å². The molecule has 0 aliphatic carbocycles. The Morgan fingerprint density at radius 1 is 1.26 bits per heavy atom. The van der Waals surface area contributed by atoms with Crippen molar-refractivity contribution < 1.29 is 19.2 Å². The average molecular weight is 490 g/mol. The Labute approximate surface area is 188 Å². The molecule has 2 aromatic rings. The summed E-state index contributed by atoms with van der Waals surface area (Å²) >= 11 is 3.53. The Morgan fingerprint density at radius 3 is 2.65 bits per heavy atom. The molecule has 1 amide bonds. The molecule has 2 heterocycles. The number of ether oxygens (including phenoxy) is 2. The number of likely N-dealkylation sites (tertiary alicyclic amines) is 1. The summed E-state index contributed by atoms with van der Waals surface area (Å²) in [7, 11) is 1.77. The minimum atomic E-state index is -1.37. The van der Waals surface area contributed by atoms with Crippen LogP contribution in [0.1, 0.15) is 30.9 Å². The monoisotopic (exact) mass is 489 g/mol. The molecule has 0 bridgehead atoms. The second-order valence-electron chi connectivity index (χ2n) is 7.68. The van der Waals surface area contributed by atoms with Crippen LogP contribution in [-0.2, 0) is 10.3 Å². The summed E-state index contributed by atoms with van der Waals surface area (Å²) in [6, 6.07) is 9.65. The highest BCUT2D eigenvalue weighted by molar-refractivity contribution is 9.10. The first-order chi connectivity index (χ1) is 14.9. The van der Waals surface area contributed by atoms with E-state index in [9.17, 15) is 14.9 Å². The van der Waals surface area contributed by atoms with Gasteiger partial charge in [0.05, 0.1) is 23.6 Å². The van der Waals surface area contributed by atoms with E-state index in [-0.39, 0.29) is 10.8 Å². The molecule has 2 aliphatic heterocycles. The third-order valence-electron chi connectivity index (χ3n) is 6.09. The van der Waals surface area contributed by atoms with Crippen LogP contribution in [0.3, 0.4) is 0 Å². The first kappa shape index (κ1) is 21.6. The lowest BCUT2D eigenvalue weighted by Gasteiger charge is -2.30. The van der Waals surface area contributed by atoms with Crippen LogP contribution in [0.5, 0.6) is 11.5 Å². The van der Waals surface area contributed by atoms with E-state index in [2.05, 4.69) is 21.2 Å². The van der Waals surface area contributed by atoms with Crippen LogP contribution in [0.2, 0.25) is 0 Å². The van der Waals surface area contributed by atoms with Gasteiger partial charge in [-0.2, -0.15) is 0 Å². The van der Waals surface area contributed by atoms with E-state index in [0.29, 0.717) is 47.0 Å². The van der Waals surface area contributed by atoms with E-state index < -0.39 is 17.5 Å². The van der Waals surface area contributed by atoms with Gasteiger partial charge in [-0.15, -0.1) is 0 Å². The molecule has 0 aromatic heterocycles. The van der Waals surface area contributed by atoms with Gasteiger partial charge in [0.15, 0.2) is 17.0 Å². The van der Waals surface area contributed by atoms with E-state index in [1.807, 2.05) is 26.0 Å². The molecule has 1 saturated heterocycles. The van der Waals surface area contributed by atoms with Crippen molar-refractivity contribution in [2.75, 3.05) is 32.1 Å². The summed E-state index contributed by atoms with van der Waals surface area (Å²) < 4.78 is 12.1. The van der Waals surface area contributed by atoms with Crippen molar-refractivity contribution in [3.05, 3.63) is 62.1 Å². The molecule has 4 rings (SSSR count). The first-order valence-electron chi connectivity index (χ1n) is 10.2.